The van der Waals surface area contributed by atoms with Gasteiger partial charge >= 0.3 is 0 Å². The molecule has 5 aromatic rings. The Bertz CT molecular complexity index is 2040. The lowest BCUT2D eigenvalue weighted by atomic mass is 9.99. The van der Waals surface area contributed by atoms with E-state index in [4.69, 9.17) is 20.4 Å². The second-order valence-corrected chi connectivity index (χ2v) is 13.0. The van der Waals surface area contributed by atoms with E-state index >= 15 is 0 Å². The summed E-state index contributed by atoms with van der Waals surface area (Å²) >= 11 is 0. The van der Waals surface area contributed by atoms with Gasteiger partial charge in [-0.1, -0.05) is 6.07 Å². The summed E-state index contributed by atoms with van der Waals surface area (Å²) in [6, 6.07) is 15.5. The summed E-state index contributed by atoms with van der Waals surface area (Å²) in [5.41, 5.74) is 13.5. The first-order valence-electron chi connectivity index (χ1n) is 15.9. The molecule has 2 amide bonds. The van der Waals surface area contributed by atoms with Gasteiger partial charge in [-0.3, -0.25) is 9.59 Å². The number of halogens is 1. The summed E-state index contributed by atoms with van der Waals surface area (Å²) in [5, 5.41) is 3.97. The maximum absolute atomic E-state index is 14.3. The highest BCUT2D eigenvalue weighted by Crippen LogP contribution is 2.38. The first-order chi connectivity index (χ1) is 22.2. The molecule has 2 aromatic carbocycles. The Labute approximate surface area is 265 Å². The van der Waals surface area contributed by atoms with Crippen LogP contribution in [0, 0.1) is 5.92 Å². The summed E-state index contributed by atoms with van der Waals surface area (Å²) in [6.45, 7) is 1.17. The lowest BCUT2D eigenvalue weighted by Gasteiger charge is -2.33. The number of carbonyl (C=O) groups excluding carboxylic acids is 2. The molecule has 0 spiro atoms. The third-order valence-electron chi connectivity index (χ3n) is 9.53. The highest BCUT2D eigenvalue weighted by atomic mass is 19.1. The predicted molar refractivity (Wildman–Crippen MR) is 174 cm³/mol. The third kappa shape index (κ3) is 4.99. The van der Waals surface area contributed by atoms with E-state index in [9.17, 15) is 14.0 Å². The van der Waals surface area contributed by atoms with Crippen LogP contribution in [0.5, 0.6) is 5.75 Å². The molecule has 3 N–H and O–H groups in total. The highest BCUT2D eigenvalue weighted by Gasteiger charge is 2.31. The number of methoxy groups -OCH3 is 1. The second kappa shape index (κ2) is 10.9. The van der Waals surface area contributed by atoms with Crippen molar-refractivity contribution in [3.8, 4) is 28.5 Å². The van der Waals surface area contributed by atoms with Crippen LogP contribution < -0.4 is 15.8 Å². The van der Waals surface area contributed by atoms with Crippen molar-refractivity contribution in [3.05, 3.63) is 59.7 Å². The molecule has 3 aromatic heterocycles. The fourth-order valence-electron chi connectivity index (χ4n) is 7.00. The molecule has 5 heterocycles. The molecule has 11 heteroatoms. The third-order valence-corrected chi connectivity index (χ3v) is 9.53. The number of hydrogen-bond donors (Lipinski definition) is 2. The lowest BCUT2D eigenvalue weighted by Crippen LogP contribution is -2.50. The molecule has 0 unspecified atom stereocenters. The van der Waals surface area contributed by atoms with Gasteiger partial charge in [0.2, 0.25) is 5.91 Å². The van der Waals surface area contributed by atoms with Gasteiger partial charge in [0.25, 0.3) is 5.91 Å². The summed E-state index contributed by atoms with van der Waals surface area (Å²) in [6.07, 6.45) is 2.67. The van der Waals surface area contributed by atoms with Crippen LogP contribution >= 0.6 is 0 Å². The fourth-order valence-corrected chi connectivity index (χ4v) is 7.00. The molecule has 3 aliphatic rings. The van der Waals surface area contributed by atoms with Crippen molar-refractivity contribution in [1.29, 1.82) is 0 Å². The van der Waals surface area contributed by atoms with Gasteiger partial charge in [-0.25, -0.2) is 14.4 Å². The molecular weight excluding hydrogens is 585 g/mol. The molecule has 0 bridgehead atoms. The second-order valence-electron chi connectivity index (χ2n) is 13.0. The summed E-state index contributed by atoms with van der Waals surface area (Å²) in [7, 11) is 3.53. The maximum Gasteiger partial charge on any atom is 0.254 e. The van der Waals surface area contributed by atoms with Crippen molar-refractivity contribution in [1.82, 2.24) is 24.0 Å². The number of likely N-dealkylation sites (tertiary alicyclic amines) is 1. The van der Waals surface area contributed by atoms with E-state index < -0.39 is 12.2 Å². The Morgan fingerprint density at radius 3 is 2.72 bits per heavy atom. The van der Waals surface area contributed by atoms with E-state index in [1.807, 2.05) is 29.8 Å². The number of amides is 2. The van der Waals surface area contributed by atoms with Crippen molar-refractivity contribution >= 4 is 39.6 Å². The van der Waals surface area contributed by atoms with Crippen LogP contribution in [0.2, 0.25) is 0 Å². The van der Waals surface area contributed by atoms with Crippen LogP contribution in [0.3, 0.4) is 0 Å². The Hall–Kier alpha value is -4.77. The fraction of sp³-hybridized carbons (Fsp3) is 0.371. The van der Waals surface area contributed by atoms with Gasteiger partial charge in [0.1, 0.15) is 23.1 Å². The minimum absolute atomic E-state index is 0.0264. The van der Waals surface area contributed by atoms with Crippen molar-refractivity contribution in [3.63, 3.8) is 0 Å². The number of hydrogen-bond acceptors (Lipinski definition) is 6. The van der Waals surface area contributed by atoms with Crippen LogP contribution in [-0.4, -0.2) is 68.2 Å². The molecule has 236 valence electrons. The van der Waals surface area contributed by atoms with Crippen LogP contribution in [0.15, 0.2) is 48.5 Å². The summed E-state index contributed by atoms with van der Waals surface area (Å²) in [4.78, 5) is 37.1. The van der Waals surface area contributed by atoms with E-state index in [-0.39, 0.29) is 24.8 Å². The Balaban J connectivity index is 1.21. The molecule has 0 radical (unpaired) electrons. The van der Waals surface area contributed by atoms with E-state index in [0.29, 0.717) is 42.1 Å². The zero-order valence-corrected chi connectivity index (χ0v) is 25.9. The van der Waals surface area contributed by atoms with E-state index in [0.717, 1.165) is 57.1 Å². The lowest BCUT2D eigenvalue weighted by molar-refractivity contribution is -0.116. The molecular formula is C35H36FN7O3. The number of rotatable bonds is 6. The minimum atomic E-state index is -1.14. The minimum Gasteiger partial charge on any atom is -0.494 e. The largest absolute Gasteiger partial charge is 0.494 e. The number of benzene rings is 2. The predicted octanol–water partition coefficient (Wildman–Crippen LogP) is 5.07. The Morgan fingerprint density at radius 1 is 1.09 bits per heavy atom. The number of nitrogens with zero attached hydrogens (tertiary/aromatic N) is 5. The molecule has 1 aliphatic carbocycles. The van der Waals surface area contributed by atoms with Gasteiger partial charge in [-0.05, 0) is 79.6 Å². The number of piperidine rings is 1. The van der Waals surface area contributed by atoms with Crippen molar-refractivity contribution in [2.75, 3.05) is 25.5 Å². The van der Waals surface area contributed by atoms with Gasteiger partial charge in [-0.15, -0.1) is 0 Å². The number of alkyl halides is 1. The zero-order chi connectivity index (χ0) is 31.7. The number of aromatic nitrogens is 4. The number of imidazole rings is 1. The molecule has 1 saturated heterocycles. The first kappa shape index (κ1) is 28.7. The number of nitrogens with one attached hydrogen (secondary N) is 1. The summed E-state index contributed by atoms with van der Waals surface area (Å²) < 4.78 is 24.3. The molecule has 2 aliphatic heterocycles. The van der Waals surface area contributed by atoms with E-state index in [2.05, 4.69) is 28.1 Å². The summed E-state index contributed by atoms with van der Waals surface area (Å²) in [5.74, 6) is 1.61. The Morgan fingerprint density at radius 2 is 1.93 bits per heavy atom. The van der Waals surface area contributed by atoms with Crippen LogP contribution in [0.25, 0.3) is 44.8 Å². The quantitative estimate of drug-likeness (QED) is 0.273. The Kier molecular flexibility index (Phi) is 6.82. The topological polar surface area (TPSA) is 120 Å². The van der Waals surface area contributed by atoms with Gasteiger partial charge < -0.3 is 29.8 Å². The number of ether oxygens (including phenoxy) is 1. The monoisotopic (exact) mass is 621 g/mol. The number of aryl methyl sites for hydroxylation is 2. The van der Waals surface area contributed by atoms with Gasteiger partial charge in [0, 0.05) is 54.8 Å². The first-order valence-corrected chi connectivity index (χ1v) is 15.9. The maximum atomic E-state index is 14.3. The van der Waals surface area contributed by atoms with Gasteiger partial charge in [0.05, 0.1) is 30.6 Å². The molecule has 10 nitrogen and oxygen atoms in total. The average molecular weight is 622 g/mol. The van der Waals surface area contributed by atoms with Gasteiger partial charge in [0.15, 0.2) is 5.82 Å². The molecule has 2 atom stereocenters. The van der Waals surface area contributed by atoms with Crippen LogP contribution in [-0.2, 0) is 24.8 Å². The van der Waals surface area contributed by atoms with Crippen LogP contribution in [0.4, 0.5) is 10.1 Å². The number of nitrogens with two attached hydrogens (primary N) is 1. The number of pyridine rings is 1. The zero-order valence-electron chi connectivity index (χ0n) is 25.9. The van der Waals surface area contributed by atoms with Gasteiger partial charge in [-0.2, -0.15) is 0 Å². The van der Waals surface area contributed by atoms with E-state index in [1.165, 1.54) is 17.7 Å². The van der Waals surface area contributed by atoms with Crippen molar-refractivity contribution in [2.24, 2.45) is 18.7 Å². The molecule has 8 rings (SSSR count). The van der Waals surface area contributed by atoms with Crippen LogP contribution in [0.1, 0.15) is 41.6 Å². The SMILES string of the molecule is COc1cc(C(=O)N2C[C@H](N)C[C@@H](F)C2)cc2nc(-c3cc4ccc(-c5ccc6c(c5)CCC(=O)N6)nc4n3CC3CC3)n(C)c12. The number of carbonyl (C=O) groups is 2. The molecule has 46 heavy (non-hydrogen) atoms. The average Bonchev–Trinajstić information content (AvgIpc) is 3.72. The highest BCUT2D eigenvalue weighted by molar-refractivity contribution is 6.00. The molecule has 1 saturated carbocycles. The normalized spacial score (nSPS) is 19.8. The standard InChI is InChI=1S/C35H36FN7O3/c1-41-32-28(12-23(14-30(32)46-2)35(45)42-17-24(36)15-25(37)18-42)40-34(41)29-13-22-6-9-27(39-33(22)43(29)16-19-3-4-19)20-5-8-26-21(11-20)7-10-31(44)38-26/h5-6,8-9,11-14,19,24-25H,3-4,7,10,15-18,37H2,1-2H3,(H,38,44)/t24-,25-/m1/s1. The van der Waals surface area contributed by atoms with Crippen molar-refractivity contribution < 1.29 is 18.7 Å². The molecule has 2 fully saturated rings. The van der Waals surface area contributed by atoms with E-state index in [1.54, 1.807) is 19.2 Å². The van der Waals surface area contributed by atoms with Crippen molar-refractivity contribution in [2.45, 2.75) is 50.9 Å². The number of anilines is 1. The smallest absolute Gasteiger partial charge is 0.254 e. The number of fused-ring (bicyclic) bond motifs is 3.